The largest absolute Gasteiger partial charge is 0.463 e. The smallest absolute Gasteiger partial charge is 0.305 e. The molecule has 0 aromatic carbocycles. The van der Waals surface area contributed by atoms with Crippen LogP contribution in [-0.2, 0) is 19.0 Å². The second-order valence-corrected chi connectivity index (χ2v) is 21.5. The summed E-state index contributed by atoms with van der Waals surface area (Å²) in [6.45, 7) is 14.4. The summed E-state index contributed by atoms with van der Waals surface area (Å²) in [6, 6.07) is 0. The monoisotopic (exact) mass is 889 g/mol. The van der Waals surface area contributed by atoms with Crippen molar-refractivity contribution in [1.29, 1.82) is 0 Å². The molecule has 7 nitrogen and oxygen atoms in total. The van der Waals surface area contributed by atoms with E-state index in [1.54, 1.807) is 0 Å². The van der Waals surface area contributed by atoms with Gasteiger partial charge >= 0.3 is 5.97 Å². The van der Waals surface area contributed by atoms with Gasteiger partial charge in [-0.15, -0.1) is 0 Å². The van der Waals surface area contributed by atoms with E-state index in [0.717, 1.165) is 126 Å². The van der Waals surface area contributed by atoms with Crippen LogP contribution in [0.5, 0.6) is 0 Å². The number of aliphatic hydroxyl groups excluding tert-OH is 3. The van der Waals surface area contributed by atoms with Crippen LogP contribution in [0, 0.1) is 46.3 Å². The summed E-state index contributed by atoms with van der Waals surface area (Å²) >= 11 is 0. The van der Waals surface area contributed by atoms with Crippen LogP contribution < -0.4 is 0 Å². The molecule has 4 fully saturated rings. The summed E-state index contributed by atoms with van der Waals surface area (Å²) in [7, 11) is 0. The molecule has 13 atom stereocenters. The first kappa shape index (κ1) is 52.7. The molecule has 4 aliphatic carbocycles. The number of hydrogen-bond donors (Lipinski definition) is 3. The first-order chi connectivity index (χ1) is 30.9. The SMILES string of the molecule is CC/C=C\C/C=C\C/C=C\C/C=C\C/C=C\CCCCCCCC(=O)OCC1OC(OC2CCC3(C)C(=CCC4C3CCC3(C)C(C(C)CCCC(C)C)CCC43)C2)C(O)C(O)C1O. The van der Waals surface area contributed by atoms with E-state index in [0.29, 0.717) is 17.8 Å². The molecule has 0 amide bonds. The van der Waals surface area contributed by atoms with Crippen molar-refractivity contribution in [2.45, 2.75) is 226 Å². The summed E-state index contributed by atoms with van der Waals surface area (Å²) in [4.78, 5) is 12.7. The fraction of sp³-hybridized carbons (Fsp3) is 0.772. The van der Waals surface area contributed by atoms with Gasteiger partial charge in [0, 0.05) is 6.42 Å². The van der Waals surface area contributed by atoms with Gasteiger partial charge in [-0.3, -0.25) is 4.79 Å². The zero-order chi connectivity index (χ0) is 46.0. The van der Waals surface area contributed by atoms with Crippen molar-refractivity contribution in [2.24, 2.45) is 46.3 Å². The van der Waals surface area contributed by atoms with Gasteiger partial charge < -0.3 is 29.5 Å². The van der Waals surface area contributed by atoms with E-state index in [4.69, 9.17) is 14.2 Å². The Hall–Kier alpha value is -2.29. The molecule has 64 heavy (non-hydrogen) atoms. The van der Waals surface area contributed by atoms with Crippen molar-refractivity contribution in [3.05, 3.63) is 72.4 Å². The zero-order valence-electron chi connectivity index (χ0n) is 41.2. The molecule has 3 N–H and O–H groups in total. The fourth-order valence-electron chi connectivity index (χ4n) is 12.8. The molecule has 7 heteroatoms. The molecular formula is C57H92O7. The number of fused-ring (bicyclic) bond motifs is 5. The predicted octanol–water partition coefficient (Wildman–Crippen LogP) is 13.2. The summed E-state index contributed by atoms with van der Waals surface area (Å²) in [5.41, 5.74) is 2.12. The third-order valence-electron chi connectivity index (χ3n) is 16.6. The topological polar surface area (TPSA) is 105 Å². The highest BCUT2D eigenvalue weighted by molar-refractivity contribution is 5.69. The molecule has 362 valence electrons. The van der Waals surface area contributed by atoms with Gasteiger partial charge in [-0.25, -0.2) is 0 Å². The summed E-state index contributed by atoms with van der Waals surface area (Å²) in [5.74, 6) is 4.39. The van der Waals surface area contributed by atoms with Crippen LogP contribution in [0.3, 0.4) is 0 Å². The number of esters is 1. The van der Waals surface area contributed by atoms with E-state index in [1.165, 1.54) is 50.5 Å². The predicted molar refractivity (Wildman–Crippen MR) is 262 cm³/mol. The third-order valence-corrected chi connectivity index (χ3v) is 16.6. The number of rotatable bonds is 26. The van der Waals surface area contributed by atoms with Crippen LogP contribution in [0.15, 0.2) is 72.4 Å². The van der Waals surface area contributed by atoms with Crippen LogP contribution in [0.4, 0.5) is 0 Å². The lowest BCUT2D eigenvalue weighted by atomic mass is 9.47. The molecule has 3 saturated carbocycles. The Labute approximate surface area is 390 Å². The van der Waals surface area contributed by atoms with Gasteiger partial charge in [-0.05, 0) is 149 Å². The average Bonchev–Trinajstić information content (AvgIpc) is 3.64. The van der Waals surface area contributed by atoms with Crippen LogP contribution in [0.1, 0.15) is 189 Å². The normalized spacial score (nSPS) is 34.9. The minimum absolute atomic E-state index is 0.148. The molecule has 0 bridgehead atoms. The highest BCUT2D eigenvalue weighted by atomic mass is 16.7. The Bertz CT molecular complexity index is 1560. The molecule has 0 aromatic rings. The molecule has 1 heterocycles. The molecule has 5 aliphatic rings. The minimum atomic E-state index is -1.45. The number of hydrogen-bond acceptors (Lipinski definition) is 7. The number of allylic oxidation sites excluding steroid dienone is 11. The molecular weight excluding hydrogens is 797 g/mol. The summed E-state index contributed by atoms with van der Waals surface area (Å²) < 4.78 is 18.0. The first-order valence-corrected chi connectivity index (χ1v) is 26.3. The van der Waals surface area contributed by atoms with E-state index in [-0.39, 0.29) is 24.1 Å². The van der Waals surface area contributed by atoms with Crippen molar-refractivity contribution in [3.63, 3.8) is 0 Å². The van der Waals surface area contributed by atoms with Gasteiger partial charge in [0.15, 0.2) is 6.29 Å². The van der Waals surface area contributed by atoms with Crippen molar-refractivity contribution in [2.75, 3.05) is 6.61 Å². The number of ether oxygens (including phenoxy) is 3. The molecule has 0 spiro atoms. The van der Waals surface area contributed by atoms with Crippen LogP contribution in [-0.4, -0.2) is 64.7 Å². The Morgan fingerprint density at radius 1 is 0.750 bits per heavy atom. The van der Waals surface area contributed by atoms with Gasteiger partial charge in [0.1, 0.15) is 31.0 Å². The molecule has 0 aromatic heterocycles. The van der Waals surface area contributed by atoms with E-state index in [9.17, 15) is 20.1 Å². The van der Waals surface area contributed by atoms with Gasteiger partial charge in [-0.1, -0.05) is 152 Å². The number of unbranched alkanes of at least 4 members (excludes halogenated alkanes) is 5. The molecule has 1 saturated heterocycles. The van der Waals surface area contributed by atoms with Crippen LogP contribution >= 0.6 is 0 Å². The lowest BCUT2D eigenvalue weighted by molar-refractivity contribution is -0.313. The van der Waals surface area contributed by atoms with Crippen LogP contribution in [0.25, 0.3) is 0 Å². The molecule has 13 unspecified atom stereocenters. The number of carbonyl (C=O) groups excluding carboxylic acids is 1. The fourth-order valence-corrected chi connectivity index (χ4v) is 12.8. The second kappa shape index (κ2) is 26.9. The molecule has 1 aliphatic heterocycles. The highest BCUT2D eigenvalue weighted by Gasteiger charge is 2.59. The number of aliphatic hydroxyl groups is 3. The van der Waals surface area contributed by atoms with Crippen molar-refractivity contribution in [1.82, 2.24) is 0 Å². The Kier molecular flexibility index (Phi) is 22.1. The number of carbonyl (C=O) groups is 1. The van der Waals surface area contributed by atoms with Crippen molar-refractivity contribution >= 4 is 5.97 Å². The Balaban J connectivity index is 0.957. The van der Waals surface area contributed by atoms with E-state index < -0.39 is 30.7 Å². The molecule has 0 radical (unpaired) electrons. The van der Waals surface area contributed by atoms with E-state index in [2.05, 4.69) is 108 Å². The van der Waals surface area contributed by atoms with E-state index >= 15 is 0 Å². The zero-order valence-corrected chi connectivity index (χ0v) is 41.2. The Morgan fingerprint density at radius 2 is 1.41 bits per heavy atom. The first-order valence-electron chi connectivity index (χ1n) is 26.3. The summed E-state index contributed by atoms with van der Waals surface area (Å²) in [5, 5.41) is 32.6. The van der Waals surface area contributed by atoms with Gasteiger partial charge in [0.05, 0.1) is 6.10 Å². The Morgan fingerprint density at radius 3 is 2.09 bits per heavy atom. The van der Waals surface area contributed by atoms with Gasteiger partial charge in [0.25, 0.3) is 0 Å². The van der Waals surface area contributed by atoms with Crippen molar-refractivity contribution < 1.29 is 34.3 Å². The maximum absolute atomic E-state index is 12.7. The lowest BCUT2D eigenvalue weighted by Gasteiger charge is -2.58. The van der Waals surface area contributed by atoms with E-state index in [1.807, 2.05) is 0 Å². The molecule has 5 rings (SSSR count). The minimum Gasteiger partial charge on any atom is -0.463 e. The maximum Gasteiger partial charge on any atom is 0.305 e. The van der Waals surface area contributed by atoms with Gasteiger partial charge in [0.2, 0.25) is 0 Å². The third kappa shape index (κ3) is 14.9. The maximum atomic E-state index is 12.7. The van der Waals surface area contributed by atoms with Crippen molar-refractivity contribution in [3.8, 4) is 0 Å². The highest BCUT2D eigenvalue weighted by Crippen LogP contribution is 2.67. The van der Waals surface area contributed by atoms with Crippen LogP contribution in [0.2, 0.25) is 0 Å². The summed E-state index contributed by atoms with van der Waals surface area (Å²) in [6.07, 6.45) is 43.2. The standard InChI is InChI=1S/C57H92O7/c1-7-8-9-10-11-12-13-14-15-16-17-18-19-20-21-22-23-24-25-26-27-31-51(58)62-41-50-52(59)53(60)54(61)55(64-50)63-45-36-38-56(5)44(40-45)32-33-46-48-35-34-47(43(4)30-28-29-42(2)3)57(48,6)39-37-49(46)56/h8-9,11-12,14-15,17-18,20-21,32,42-43,45-50,52-55,59-61H,7,10,13,16,19,22-31,33-41H2,1-6H3/b9-8-,12-11-,15-14-,18-17-,21-20-. The lowest BCUT2D eigenvalue weighted by Crippen LogP contribution is -2.60. The second-order valence-electron chi connectivity index (χ2n) is 21.5. The van der Waals surface area contributed by atoms with Gasteiger partial charge in [-0.2, -0.15) is 0 Å². The quantitative estimate of drug-likeness (QED) is 0.0451. The average molecular weight is 889 g/mol.